The lowest BCUT2D eigenvalue weighted by Crippen LogP contribution is -2.40. The number of aliphatic imine (C=N–C) groups is 1. The molecule has 0 saturated heterocycles. The minimum atomic E-state index is 0. The van der Waals surface area contributed by atoms with Crippen LogP contribution >= 0.6 is 24.0 Å². The molecule has 0 unspecified atom stereocenters. The number of nitrogens with zero attached hydrogens (tertiary/aromatic N) is 2. The minimum absolute atomic E-state index is 0. The van der Waals surface area contributed by atoms with Crippen molar-refractivity contribution in [2.24, 2.45) is 10.9 Å². The second-order valence-corrected chi connectivity index (χ2v) is 4.72. The van der Waals surface area contributed by atoms with E-state index in [0.29, 0.717) is 5.92 Å². The van der Waals surface area contributed by atoms with Crippen molar-refractivity contribution in [2.45, 2.75) is 33.6 Å². The molecule has 0 fully saturated rings. The molecule has 0 atom stereocenters. The Hall–Kier alpha value is -0.0400. The average Bonchev–Trinajstić information content (AvgIpc) is 2.30. The molecular weight excluding hydrogens is 341 g/mol. The predicted octanol–water partition coefficient (Wildman–Crippen LogP) is 2.58. The van der Waals surface area contributed by atoms with Gasteiger partial charge < -0.3 is 15.0 Å². The van der Waals surface area contributed by atoms with Gasteiger partial charge in [-0.15, -0.1) is 24.0 Å². The number of guanidine groups is 1. The summed E-state index contributed by atoms with van der Waals surface area (Å²) < 4.78 is 5.51. The Bertz CT molecular complexity index is 210. The molecule has 0 aromatic rings. The number of hydrogen-bond donors (Lipinski definition) is 1. The second kappa shape index (κ2) is 13.4. The van der Waals surface area contributed by atoms with E-state index in [4.69, 9.17) is 4.74 Å². The molecular formula is C13H30IN3O. The van der Waals surface area contributed by atoms with E-state index in [1.165, 1.54) is 12.8 Å². The van der Waals surface area contributed by atoms with Gasteiger partial charge >= 0.3 is 0 Å². The summed E-state index contributed by atoms with van der Waals surface area (Å²) >= 11 is 0. The van der Waals surface area contributed by atoms with E-state index in [-0.39, 0.29) is 24.0 Å². The molecule has 0 rings (SSSR count). The van der Waals surface area contributed by atoms with E-state index in [1.54, 1.807) is 0 Å². The van der Waals surface area contributed by atoms with Gasteiger partial charge in [0, 0.05) is 33.8 Å². The third kappa shape index (κ3) is 11.1. The fourth-order valence-corrected chi connectivity index (χ4v) is 1.44. The molecule has 0 aliphatic heterocycles. The van der Waals surface area contributed by atoms with Crippen LogP contribution in [0.15, 0.2) is 4.99 Å². The SMILES string of the molecule is CCCCN(C)C(=NC)NCCOCC(C)C.I. The molecule has 0 bridgehead atoms. The normalized spacial score (nSPS) is 11.3. The van der Waals surface area contributed by atoms with Crippen LogP contribution in [0, 0.1) is 5.92 Å². The summed E-state index contributed by atoms with van der Waals surface area (Å²) in [5, 5.41) is 3.30. The van der Waals surface area contributed by atoms with Gasteiger partial charge in [0.15, 0.2) is 5.96 Å². The highest BCUT2D eigenvalue weighted by atomic mass is 127. The van der Waals surface area contributed by atoms with Crippen LogP contribution in [0.3, 0.4) is 0 Å². The smallest absolute Gasteiger partial charge is 0.193 e. The first-order valence-electron chi connectivity index (χ1n) is 6.61. The van der Waals surface area contributed by atoms with Crippen LogP contribution in [0.5, 0.6) is 0 Å². The standard InChI is InChI=1S/C13H29N3O.HI/c1-6-7-9-16(5)13(14-4)15-8-10-17-11-12(2)3;/h12H,6-11H2,1-5H3,(H,14,15);1H. The first kappa shape index (κ1) is 20.3. The molecule has 1 N–H and O–H groups in total. The lowest BCUT2D eigenvalue weighted by Gasteiger charge is -2.21. The van der Waals surface area contributed by atoms with E-state index in [2.05, 4.69) is 43.0 Å². The number of halogens is 1. The predicted molar refractivity (Wildman–Crippen MR) is 90.0 cm³/mol. The largest absolute Gasteiger partial charge is 0.379 e. The quantitative estimate of drug-likeness (QED) is 0.308. The average molecular weight is 371 g/mol. The van der Waals surface area contributed by atoms with Gasteiger partial charge in [-0.1, -0.05) is 27.2 Å². The maximum atomic E-state index is 5.51. The number of unbranched alkanes of at least 4 members (excludes halogenated alkanes) is 1. The highest BCUT2D eigenvalue weighted by Crippen LogP contribution is 1.93. The summed E-state index contributed by atoms with van der Waals surface area (Å²) in [6.45, 7) is 9.93. The van der Waals surface area contributed by atoms with E-state index >= 15 is 0 Å². The van der Waals surface area contributed by atoms with Crippen molar-refractivity contribution < 1.29 is 4.74 Å². The van der Waals surface area contributed by atoms with Crippen LogP contribution in [0.2, 0.25) is 0 Å². The van der Waals surface area contributed by atoms with Gasteiger partial charge in [0.1, 0.15) is 0 Å². The van der Waals surface area contributed by atoms with E-state index in [0.717, 1.165) is 32.3 Å². The molecule has 0 amide bonds. The molecule has 0 aromatic heterocycles. The third-order valence-corrected chi connectivity index (χ3v) is 2.40. The lowest BCUT2D eigenvalue weighted by atomic mass is 10.2. The first-order chi connectivity index (χ1) is 8.11. The summed E-state index contributed by atoms with van der Waals surface area (Å²) in [4.78, 5) is 6.41. The molecule has 0 aliphatic rings. The molecule has 0 aromatic carbocycles. The summed E-state index contributed by atoms with van der Waals surface area (Å²) in [6, 6.07) is 0. The zero-order valence-electron chi connectivity index (χ0n) is 12.5. The molecule has 0 spiro atoms. The fourth-order valence-electron chi connectivity index (χ4n) is 1.44. The van der Waals surface area contributed by atoms with E-state index in [9.17, 15) is 0 Å². The zero-order valence-corrected chi connectivity index (χ0v) is 14.9. The molecule has 5 heteroatoms. The Morgan fingerprint density at radius 2 is 2.06 bits per heavy atom. The molecule has 110 valence electrons. The van der Waals surface area contributed by atoms with Gasteiger partial charge in [-0.2, -0.15) is 0 Å². The Kier molecular flexibility index (Phi) is 15.1. The van der Waals surface area contributed by atoms with Crippen LogP contribution in [-0.4, -0.2) is 51.3 Å². The maximum Gasteiger partial charge on any atom is 0.193 e. The number of ether oxygens (including phenoxy) is 1. The van der Waals surface area contributed by atoms with E-state index in [1.807, 2.05) is 7.05 Å². The van der Waals surface area contributed by atoms with Crippen LogP contribution in [-0.2, 0) is 4.74 Å². The Morgan fingerprint density at radius 3 is 2.56 bits per heavy atom. The molecule has 0 radical (unpaired) electrons. The zero-order chi connectivity index (χ0) is 13.1. The Morgan fingerprint density at radius 1 is 1.39 bits per heavy atom. The van der Waals surface area contributed by atoms with Crippen molar-refractivity contribution in [2.75, 3.05) is 40.4 Å². The van der Waals surface area contributed by atoms with Crippen LogP contribution in [0.4, 0.5) is 0 Å². The molecule has 0 saturated carbocycles. The Balaban J connectivity index is 0. The second-order valence-electron chi connectivity index (χ2n) is 4.72. The van der Waals surface area contributed by atoms with Gasteiger partial charge in [0.25, 0.3) is 0 Å². The van der Waals surface area contributed by atoms with Crippen molar-refractivity contribution >= 4 is 29.9 Å². The van der Waals surface area contributed by atoms with Gasteiger partial charge in [-0.25, -0.2) is 0 Å². The van der Waals surface area contributed by atoms with Crippen molar-refractivity contribution in [1.82, 2.24) is 10.2 Å². The first-order valence-corrected chi connectivity index (χ1v) is 6.61. The summed E-state index contributed by atoms with van der Waals surface area (Å²) in [5.74, 6) is 1.55. The van der Waals surface area contributed by atoms with Gasteiger partial charge in [0.2, 0.25) is 0 Å². The summed E-state index contributed by atoms with van der Waals surface area (Å²) in [6.07, 6.45) is 2.40. The Labute approximate surface area is 130 Å². The van der Waals surface area contributed by atoms with Crippen molar-refractivity contribution in [1.29, 1.82) is 0 Å². The summed E-state index contributed by atoms with van der Waals surface area (Å²) in [5.41, 5.74) is 0. The van der Waals surface area contributed by atoms with Gasteiger partial charge in [0.05, 0.1) is 6.61 Å². The molecule has 4 nitrogen and oxygen atoms in total. The number of rotatable bonds is 8. The van der Waals surface area contributed by atoms with Crippen molar-refractivity contribution in [3.8, 4) is 0 Å². The molecule has 18 heavy (non-hydrogen) atoms. The summed E-state index contributed by atoms with van der Waals surface area (Å²) in [7, 11) is 3.89. The lowest BCUT2D eigenvalue weighted by molar-refractivity contribution is 0.114. The monoisotopic (exact) mass is 371 g/mol. The van der Waals surface area contributed by atoms with Gasteiger partial charge in [-0.05, 0) is 12.3 Å². The van der Waals surface area contributed by atoms with Crippen LogP contribution < -0.4 is 5.32 Å². The fraction of sp³-hybridized carbons (Fsp3) is 0.923. The number of hydrogen-bond acceptors (Lipinski definition) is 2. The molecule has 0 heterocycles. The highest BCUT2D eigenvalue weighted by Gasteiger charge is 2.03. The van der Waals surface area contributed by atoms with Crippen LogP contribution in [0.1, 0.15) is 33.6 Å². The van der Waals surface area contributed by atoms with Crippen molar-refractivity contribution in [3.05, 3.63) is 0 Å². The van der Waals surface area contributed by atoms with Crippen molar-refractivity contribution in [3.63, 3.8) is 0 Å². The van der Waals surface area contributed by atoms with E-state index < -0.39 is 0 Å². The van der Waals surface area contributed by atoms with Crippen LogP contribution in [0.25, 0.3) is 0 Å². The highest BCUT2D eigenvalue weighted by molar-refractivity contribution is 14.0. The molecule has 0 aliphatic carbocycles. The maximum absolute atomic E-state index is 5.51. The third-order valence-electron chi connectivity index (χ3n) is 2.40. The minimum Gasteiger partial charge on any atom is -0.379 e. The van der Waals surface area contributed by atoms with Gasteiger partial charge in [-0.3, -0.25) is 4.99 Å². The number of nitrogens with one attached hydrogen (secondary N) is 1. The topological polar surface area (TPSA) is 36.9 Å².